The highest BCUT2D eigenvalue weighted by Gasteiger charge is 2.66. The van der Waals surface area contributed by atoms with Crippen molar-refractivity contribution in [2.45, 2.75) is 35.6 Å². The van der Waals surface area contributed by atoms with Crippen LogP contribution in [0.25, 0.3) is 0 Å². The predicted molar refractivity (Wildman–Crippen MR) is 118 cm³/mol. The molecule has 4 saturated heterocycles. The summed E-state index contributed by atoms with van der Waals surface area (Å²) in [5.74, 6) is 0.941. The van der Waals surface area contributed by atoms with E-state index in [9.17, 15) is 14.9 Å². The van der Waals surface area contributed by atoms with Crippen molar-refractivity contribution in [1.82, 2.24) is 4.90 Å². The number of amides is 1. The maximum Gasteiger partial charge on any atom is 0.269 e. The number of nitrogens with zero attached hydrogens (tertiary/aromatic N) is 2. The molecule has 0 aromatic heterocycles. The van der Waals surface area contributed by atoms with Gasteiger partial charge in [-0.1, -0.05) is 67.7 Å². The number of nitro groups is 1. The van der Waals surface area contributed by atoms with Gasteiger partial charge in [0.2, 0.25) is 10.3 Å². The summed E-state index contributed by atoms with van der Waals surface area (Å²) < 4.78 is 5.89. The molecule has 6 rings (SSSR count). The number of ether oxygens (including phenoxy) is 1. The van der Waals surface area contributed by atoms with E-state index in [-0.39, 0.29) is 28.8 Å². The molecule has 1 amide bonds. The summed E-state index contributed by atoms with van der Waals surface area (Å²) in [5, 5.41) is 11.0. The van der Waals surface area contributed by atoms with Crippen LogP contribution in [0.4, 0.5) is 5.69 Å². The summed E-state index contributed by atoms with van der Waals surface area (Å²) >= 11 is 3.42. The molecule has 0 N–H and O–H groups in total. The lowest BCUT2D eigenvalue weighted by atomic mass is 9.85. The fourth-order valence-electron chi connectivity index (χ4n) is 4.56. The van der Waals surface area contributed by atoms with Crippen LogP contribution in [-0.4, -0.2) is 31.9 Å². The van der Waals surface area contributed by atoms with Gasteiger partial charge in [0.05, 0.1) is 10.8 Å². The first kappa shape index (κ1) is 19.9. The second-order valence-corrected chi connectivity index (χ2v) is 10.9. The molecule has 1 spiro atoms. The standard InChI is InChI=1S/C22H22N2O4S2/c1-13(2)17-12-29-22-23(17)21(25)18(20(30-22)15-6-4-3-5-7-15)19(28-22)14-8-10-16(11-9-14)24(26)27/h3-11,13,17-20H,12H2,1-2H3/t17-,18+,19-,20+,22-/m1/s1. The van der Waals surface area contributed by atoms with E-state index < -0.39 is 15.4 Å². The van der Waals surface area contributed by atoms with Crippen LogP contribution in [0.1, 0.15) is 36.3 Å². The lowest BCUT2D eigenvalue weighted by molar-refractivity contribution is -0.384. The molecule has 30 heavy (non-hydrogen) atoms. The van der Waals surface area contributed by atoms with Gasteiger partial charge in [-0.05, 0) is 29.2 Å². The number of hydrogen-bond donors (Lipinski definition) is 0. The van der Waals surface area contributed by atoms with Crippen LogP contribution in [0.15, 0.2) is 54.6 Å². The molecule has 4 fully saturated rings. The lowest BCUT2D eigenvalue weighted by Gasteiger charge is -2.56. The maximum absolute atomic E-state index is 13.8. The summed E-state index contributed by atoms with van der Waals surface area (Å²) in [6, 6.07) is 16.7. The number of carbonyl (C=O) groups excluding carboxylic acids is 1. The molecule has 4 aliphatic rings. The van der Waals surface area contributed by atoms with Crippen LogP contribution in [0.5, 0.6) is 0 Å². The van der Waals surface area contributed by atoms with E-state index in [4.69, 9.17) is 4.74 Å². The number of carbonyl (C=O) groups is 1. The third-order valence-corrected chi connectivity index (χ3v) is 9.34. The van der Waals surface area contributed by atoms with Crippen LogP contribution < -0.4 is 0 Å². The van der Waals surface area contributed by atoms with Crippen molar-refractivity contribution >= 4 is 35.1 Å². The third kappa shape index (κ3) is 2.96. The van der Waals surface area contributed by atoms with Crippen molar-refractivity contribution in [3.63, 3.8) is 0 Å². The van der Waals surface area contributed by atoms with Crippen molar-refractivity contribution in [2.24, 2.45) is 11.8 Å². The summed E-state index contributed by atoms with van der Waals surface area (Å²) in [7, 11) is 0. The van der Waals surface area contributed by atoms with Crippen LogP contribution >= 0.6 is 23.5 Å². The minimum absolute atomic E-state index is 0.0256. The molecule has 5 atom stereocenters. The zero-order chi connectivity index (χ0) is 21.0. The van der Waals surface area contributed by atoms with Crippen molar-refractivity contribution in [1.29, 1.82) is 0 Å². The number of rotatable bonds is 4. The van der Waals surface area contributed by atoms with E-state index in [2.05, 4.69) is 26.0 Å². The Morgan fingerprint density at radius 2 is 1.83 bits per heavy atom. The Balaban J connectivity index is 1.58. The average Bonchev–Trinajstić information content (AvgIpc) is 3.14. The van der Waals surface area contributed by atoms with Crippen molar-refractivity contribution in [3.8, 4) is 0 Å². The van der Waals surface area contributed by atoms with Gasteiger partial charge in [0.15, 0.2) is 0 Å². The maximum atomic E-state index is 13.8. The Hall–Kier alpha value is -2.03. The van der Waals surface area contributed by atoms with E-state index in [1.807, 2.05) is 23.1 Å². The monoisotopic (exact) mass is 442 g/mol. The second kappa shape index (κ2) is 7.28. The van der Waals surface area contributed by atoms with Gasteiger partial charge in [-0.15, -0.1) is 0 Å². The van der Waals surface area contributed by atoms with E-state index in [1.54, 1.807) is 35.7 Å². The number of hydrogen-bond acceptors (Lipinski definition) is 6. The summed E-state index contributed by atoms with van der Waals surface area (Å²) in [4.78, 5) is 26.5. The molecule has 8 heteroatoms. The van der Waals surface area contributed by atoms with Gasteiger partial charge < -0.3 is 4.74 Å². The second-order valence-electron chi connectivity index (χ2n) is 8.22. The van der Waals surface area contributed by atoms with Crippen molar-refractivity contribution in [2.75, 3.05) is 5.75 Å². The van der Waals surface area contributed by atoms with E-state index in [0.717, 1.165) is 16.9 Å². The zero-order valence-electron chi connectivity index (χ0n) is 16.6. The summed E-state index contributed by atoms with van der Waals surface area (Å²) in [6.45, 7) is 4.29. The molecule has 6 nitrogen and oxygen atoms in total. The molecule has 2 aromatic carbocycles. The van der Waals surface area contributed by atoms with Gasteiger partial charge in [-0.3, -0.25) is 19.8 Å². The third-order valence-electron chi connectivity index (χ3n) is 6.12. The summed E-state index contributed by atoms with van der Waals surface area (Å²) in [6.07, 6.45) is -0.431. The highest BCUT2D eigenvalue weighted by Crippen LogP contribution is 2.68. The number of nitro benzene ring substituents is 1. The molecular weight excluding hydrogens is 420 g/mol. The quantitative estimate of drug-likeness (QED) is 0.491. The zero-order valence-corrected chi connectivity index (χ0v) is 18.3. The van der Waals surface area contributed by atoms with Gasteiger partial charge in [0.1, 0.15) is 6.10 Å². The van der Waals surface area contributed by atoms with Crippen LogP contribution in [0, 0.1) is 22.0 Å². The fraction of sp³-hybridized carbons (Fsp3) is 0.409. The Kier molecular flexibility index (Phi) is 4.83. The summed E-state index contributed by atoms with van der Waals surface area (Å²) in [5.41, 5.74) is 1.96. The number of fused-ring (bicyclic) bond motifs is 2. The van der Waals surface area contributed by atoms with Crippen LogP contribution in [0.2, 0.25) is 0 Å². The first-order valence-electron chi connectivity index (χ1n) is 10.0. The first-order chi connectivity index (χ1) is 14.4. The lowest BCUT2D eigenvalue weighted by Crippen LogP contribution is -2.63. The van der Waals surface area contributed by atoms with Crippen LogP contribution in [0.3, 0.4) is 0 Å². The fourth-order valence-corrected chi connectivity index (χ4v) is 8.32. The molecular formula is C22H22N2O4S2. The molecule has 4 aliphatic heterocycles. The SMILES string of the molecule is CC(C)[C@H]1CS[C@]23O[C@H](c4ccc([N+](=O)[O-])cc4)[C@H](C(=O)N12)[C@H](c1ccccc1)S3. The molecule has 0 saturated carbocycles. The number of benzene rings is 2. The van der Waals surface area contributed by atoms with Gasteiger partial charge in [-0.2, -0.15) is 0 Å². The number of thioether (sulfide) groups is 2. The minimum Gasteiger partial charge on any atom is -0.329 e. The Labute approximate surface area is 183 Å². The minimum atomic E-state index is -0.756. The van der Waals surface area contributed by atoms with Gasteiger partial charge in [0, 0.05) is 29.2 Å². The van der Waals surface area contributed by atoms with E-state index in [0.29, 0.717) is 5.92 Å². The molecule has 156 valence electrons. The van der Waals surface area contributed by atoms with E-state index in [1.165, 1.54) is 12.1 Å². The largest absolute Gasteiger partial charge is 0.329 e. The Bertz CT molecular complexity index is 984. The first-order valence-corrected chi connectivity index (χ1v) is 11.9. The smallest absolute Gasteiger partial charge is 0.269 e. The average molecular weight is 443 g/mol. The molecule has 2 aromatic rings. The number of non-ortho nitro benzene ring substituents is 1. The molecule has 0 aliphatic carbocycles. The topological polar surface area (TPSA) is 72.7 Å². The van der Waals surface area contributed by atoms with Crippen molar-refractivity contribution in [3.05, 3.63) is 75.8 Å². The highest BCUT2D eigenvalue weighted by molar-refractivity contribution is 8.18. The normalized spacial score (nSPS) is 32.5. The van der Waals surface area contributed by atoms with E-state index >= 15 is 0 Å². The molecule has 2 bridgehead atoms. The Morgan fingerprint density at radius 1 is 1.13 bits per heavy atom. The molecule has 0 unspecified atom stereocenters. The Morgan fingerprint density at radius 3 is 2.47 bits per heavy atom. The van der Waals surface area contributed by atoms with Crippen molar-refractivity contribution < 1.29 is 14.5 Å². The van der Waals surface area contributed by atoms with Gasteiger partial charge in [0.25, 0.3) is 5.69 Å². The van der Waals surface area contributed by atoms with Crippen LogP contribution in [-0.2, 0) is 9.53 Å². The molecule has 0 radical (unpaired) electrons. The predicted octanol–water partition coefficient (Wildman–Crippen LogP) is 4.98. The van der Waals surface area contributed by atoms with Gasteiger partial charge >= 0.3 is 0 Å². The van der Waals surface area contributed by atoms with Gasteiger partial charge in [-0.25, -0.2) is 0 Å². The molecule has 4 heterocycles. The highest BCUT2D eigenvalue weighted by atomic mass is 32.2.